The summed E-state index contributed by atoms with van der Waals surface area (Å²) in [6.45, 7) is 0.889. The zero-order valence-corrected chi connectivity index (χ0v) is 10.5. The predicted molar refractivity (Wildman–Crippen MR) is 65.1 cm³/mol. The second-order valence-corrected chi connectivity index (χ2v) is 4.08. The lowest BCUT2D eigenvalue weighted by molar-refractivity contribution is 0.381. The van der Waals surface area contributed by atoms with Gasteiger partial charge in [-0.2, -0.15) is 0 Å². The summed E-state index contributed by atoms with van der Waals surface area (Å²) in [7, 11) is 3.64. The topological polar surface area (TPSA) is 12.5 Å². The highest BCUT2D eigenvalue weighted by atomic mass is 35.5. The molecule has 0 bridgehead atoms. The summed E-state index contributed by atoms with van der Waals surface area (Å²) in [6.07, 6.45) is 0.882. The van der Waals surface area contributed by atoms with E-state index < -0.39 is 0 Å². The van der Waals surface area contributed by atoms with Gasteiger partial charge in [-0.3, -0.25) is 4.90 Å². The van der Waals surface area contributed by atoms with Gasteiger partial charge in [0.2, 0.25) is 0 Å². The van der Waals surface area contributed by atoms with E-state index in [1.807, 2.05) is 30.1 Å². The molecule has 1 rings (SSSR count). The molecule has 0 aliphatic carbocycles. The van der Waals surface area contributed by atoms with E-state index in [9.17, 15) is 0 Å². The zero-order valence-electron chi connectivity index (χ0n) is 8.96. The molecule has 0 radical (unpaired) electrons. The molecule has 84 valence electrons. The van der Waals surface area contributed by atoms with Gasteiger partial charge in [0.1, 0.15) is 5.75 Å². The number of benzene rings is 1. The highest BCUT2D eigenvalue weighted by Gasteiger charge is 2.05. The number of hydrogen-bond acceptors (Lipinski definition) is 2. The molecular weight excluding hydrogens is 233 g/mol. The van der Waals surface area contributed by atoms with Crippen LogP contribution in [0.2, 0.25) is 5.02 Å². The Balaban J connectivity index is 2.69. The number of ether oxygens (including phenoxy) is 1. The van der Waals surface area contributed by atoms with Crippen molar-refractivity contribution in [2.75, 3.05) is 26.7 Å². The second kappa shape index (κ2) is 6.21. The molecule has 1 aromatic carbocycles. The van der Waals surface area contributed by atoms with Crippen LogP contribution in [0.25, 0.3) is 0 Å². The molecule has 0 aliphatic rings. The van der Waals surface area contributed by atoms with Crippen LogP contribution in [-0.4, -0.2) is 31.6 Å². The molecule has 1 aromatic rings. The fourth-order valence-corrected chi connectivity index (χ4v) is 1.63. The normalized spacial score (nSPS) is 10.7. The summed E-state index contributed by atoms with van der Waals surface area (Å²) in [5.74, 6) is 0.877. The summed E-state index contributed by atoms with van der Waals surface area (Å²) in [5.41, 5.74) is 1.11. The van der Waals surface area contributed by atoms with Gasteiger partial charge in [0.15, 0.2) is 0 Å². The fraction of sp³-hybridized carbons (Fsp3) is 0.455. The molecule has 0 saturated carbocycles. The molecule has 0 atom stereocenters. The molecule has 0 aromatic heterocycles. The Kier molecular flexibility index (Phi) is 5.23. The third-order valence-electron chi connectivity index (χ3n) is 2.21. The average molecular weight is 248 g/mol. The summed E-state index contributed by atoms with van der Waals surface area (Å²) in [5, 5.41) is 0.735. The van der Waals surface area contributed by atoms with Gasteiger partial charge in [-0.25, -0.2) is 0 Å². The molecule has 0 heterocycles. The van der Waals surface area contributed by atoms with Crippen LogP contribution in [0.15, 0.2) is 18.2 Å². The van der Waals surface area contributed by atoms with Crippen molar-refractivity contribution in [1.29, 1.82) is 0 Å². The van der Waals surface area contributed by atoms with E-state index in [1.165, 1.54) is 0 Å². The van der Waals surface area contributed by atoms with Crippen LogP contribution < -0.4 is 4.74 Å². The third-order valence-corrected chi connectivity index (χ3v) is 2.85. The molecule has 0 unspecified atom stereocenters. The van der Waals surface area contributed by atoms with Gasteiger partial charge in [0.25, 0.3) is 0 Å². The van der Waals surface area contributed by atoms with Crippen LogP contribution in [0.3, 0.4) is 0 Å². The molecular formula is C11H15Cl2NO. The minimum absolute atomic E-state index is 0.531. The minimum Gasteiger partial charge on any atom is -0.496 e. The van der Waals surface area contributed by atoms with E-state index in [0.717, 1.165) is 29.3 Å². The third kappa shape index (κ3) is 3.90. The Hall–Kier alpha value is -0.440. The fourth-order valence-electron chi connectivity index (χ4n) is 1.31. The lowest BCUT2D eigenvalue weighted by atomic mass is 10.1. The molecule has 0 spiro atoms. The van der Waals surface area contributed by atoms with Crippen molar-refractivity contribution in [3.8, 4) is 5.75 Å². The number of rotatable bonds is 5. The molecule has 0 fully saturated rings. The van der Waals surface area contributed by atoms with E-state index in [0.29, 0.717) is 6.00 Å². The van der Waals surface area contributed by atoms with Crippen molar-refractivity contribution in [3.05, 3.63) is 28.8 Å². The summed E-state index contributed by atoms with van der Waals surface area (Å²) < 4.78 is 5.26. The summed E-state index contributed by atoms with van der Waals surface area (Å²) >= 11 is 11.6. The van der Waals surface area contributed by atoms with Crippen LogP contribution in [0.1, 0.15) is 5.56 Å². The van der Waals surface area contributed by atoms with Gasteiger partial charge in [-0.1, -0.05) is 11.6 Å². The van der Waals surface area contributed by atoms with Crippen LogP contribution in [0.5, 0.6) is 5.75 Å². The van der Waals surface area contributed by atoms with E-state index in [-0.39, 0.29) is 0 Å². The van der Waals surface area contributed by atoms with Gasteiger partial charge < -0.3 is 4.74 Å². The molecule has 0 amide bonds. The quantitative estimate of drug-likeness (QED) is 0.586. The molecule has 0 aliphatic heterocycles. The maximum Gasteiger partial charge on any atom is 0.122 e. The first-order valence-electron chi connectivity index (χ1n) is 4.74. The van der Waals surface area contributed by atoms with Crippen molar-refractivity contribution < 1.29 is 4.74 Å². The maximum atomic E-state index is 5.93. The highest BCUT2D eigenvalue weighted by Crippen LogP contribution is 2.23. The van der Waals surface area contributed by atoms with Crippen molar-refractivity contribution in [1.82, 2.24) is 4.90 Å². The average Bonchev–Trinajstić information content (AvgIpc) is 2.26. The number of nitrogens with zero attached hydrogens (tertiary/aromatic N) is 1. The number of alkyl halides is 1. The Morgan fingerprint density at radius 2 is 2.13 bits per heavy atom. The van der Waals surface area contributed by atoms with Gasteiger partial charge >= 0.3 is 0 Å². The standard InChI is InChI=1S/C11H15Cl2NO/c1-14(8-12)6-5-9-7-10(13)3-4-11(9)15-2/h3-4,7H,5-6,8H2,1-2H3. The van der Waals surface area contributed by atoms with Gasteiger partial charge in [0, 0.05) is 11.6 Å². The van der Waals surface area contributed by atoms with Crippen LogP contribution >= 0.6 is 23.2 Å². The van der Waals surface area contributed by atoms with E-state index in [1.54, 1.807) is 7.11 Å². The zero-order chi connectivity index (χ0) is 11.3. The van der Waals surface area contributed by atoms with Crippen molar-refractivity contribution >= 4 is 23.2 Å². The lowest BCUT2D eigenvalue weighted by Gasteiger charge is -2.14. The Labute approximate surface area is 101 Å². The van der Waals surface area contributed by atoms with E-state index >= 15 is 0 Å². The molecule has 15 heavy (non-hydrogen) atoms. The molecule has 2 nitrogen and oxygen atoms in total. The molecule has 0 saturated heterocycles. The Bertz CT molecular complexity index is 317. The van der Waals surface area contributed by atoms with Crippen LogP contribution in [0.4, 0.5) is 0 Å². The second-order valence-electron chi connectivity index (χ2n) is 3.41. The number of halogens is 2. The SMILES string of the molecule is COc1ccc(Cl)cc1CCN(C)CCl. The number of methoxy groups -OCH3 is 1. The minimum atomic E-state index is 0.531. The van der Waals surface area contributed by atoms with Crippen molar-refractivity contribution in [2.45, 2.75) is 6.42 Å². The van der Waals surface area contributed by atoms with Crippen molar-refractivity contribution in [2.24, 2.45) is 0 Å². The monoisotopic (exact) mass is 247 g/mol. The van der Waals surface area contributed by atoms with E-state index in [2.05, 4.69) is 0 Å². The Morgan fingerprint density at radius 1 is 1.40 bits per heavy atom. The first-order valence-corrected chi connectivity index (χ1v) is 5.65. The number of likely N-dealkylation sites (N-methyl/N-ethyl adjacent to an activating group) is 1. The van der Waals surface area contributed by atoms with Crippen molar-refractivity contribution in [3.63, 3.8) is 0 Å². The van der Waals surface area contributed by atoms with Gasteiger partial charge in [0.05, 0.1) is 13.1 Å². The first-order chi connectivity index (χ1) is 7.17. The molecule has 0 N–H and O–H groups in total. The Morgan fingerprint density at radius 3 is 2.73 bits per heavy atom. The largest absolute Gasteiger partial charge is 0.496 e. The first kappa shape index (κ1) is 12.6. The summed E-state index contributed by atoms with van der Waals surface area (Å²) in [4.78, 5) is 2.03. The highest BCUT2D eigenvalue weighted by molar-refractivity contribution is 6.30. The smallest absolute Gasteiger partial charge is 0.122 e. The summed E-state index contributed by atoms with van der Waals surface area (Å²) in [6, 6.07) is 6.18. The van der Waals surface area contributed by atoms with Gasteiger partial charge in [-0.05, 0) is 37.2 Å². The lowest BCUT2D eigenvalue weighted by Crippen LogP contribution is -2.19. The maximum absolute atomic E-state index is 5.93. The van der Waals surface area contributed by atoms with Gasteiger partial charge in [-0.15, -0.1) is 11.6 Å². The predicted octanol–water partition coefficient (Wildman–Crippen LogP) is 3.02. The molecule has 4 heteroatoms. The van der Waals surface area contributed by atoms with Crippen LogP contribution in [0, 0.1) is 0 Å². The van der Waals surface area contributed by atoms with Crippen LogP contribution in [-0.2, 0) is 6.42 Å². The number of hydrogen-bond donors (Lipinski definition) is 0. The van der Waals surface area contributed by atoms with E-state index in [4.69, 9.17) is 27.9 Å².